The molecule has 4 aromatic rings. The highest BCUT2D eigenvalue weighted by Gasteiger charge is 2.14. The Hall–Kier alpha value is -2.70. The summed E-state index contributed by atoms with van der Waals surface area (Å²) >= 11 is 6.62. The summed E-state index contributed by atoms with van der Waals surface area (Å²) in [6.07, 6.45) is 3.89. The second-order valence-corrected chi connectivity index (χ2v) is 7.27. The lowest BCUT2D eigenvalue weighted by atomic mass is 10.1. The van der Waals surface area contributed by atoms with E-state index in [-0.39, 0.29) is 0 Å². The predicted octanol–water partition coefficient (Wildman–Crippen LogP) is 3.25. The molecule has 1 aliphatic heterocycles. The van der Waals surface area contributed by atoms with Crippen LogP contribution in [0.5, 0.6) is 0 Å². The van der Waals surface area contributed by atoms with Crippen LogP contribution in [0.1, 0.15) is 0 Å². The zero-order valence-electron chi connectivity index (χ0n) is 15.0. The van der Waals surface area contributed by atoms with Crippen LogP contribution < -0.4 is 10.2 Å². The van der Waals surface area contributed by atoms with E-state index in [9.17, 15) is 0 Å². The fourth-order valence-corrected chi connectivity index (χ4v) is 3.85. The molecule has 0 spiro atoms. The predicted molar refractivity (Wildman–Crippen MR) is 109 cm³/mol. The van der Waals surface area contributed by atoms with Gasteiger partial charge in [0.05, 0.1) is 28.1 Å². The van der Waals surface area contributed by atoms with Gasteiger partial charge in [-0.1, -0.05) is 17.7 Å². The third kappa shape index (κ3) is 3.01. The van der Waals surface area contributed by atoms with Crippen molar-refractivity contribution in [1.82, 2.24) is 25.1 Å². The monoisotopic (exact) mass is 378 g/mol. The quantitative estimate of drug-likeness (QED) is 0.580. The highest BCUT2D eigenvalue weighted by molar-refractivity contribution is 6.35. The molecule has 1 aromatic carbocycles. The first-order chi connectivity index (χ1) is 13.2. The van der Waals surface area contributed by atoms with E-state index in [4.69, 9.17) is 16.6 Å². The van der Waals surface area contributed by atoms with Crippen molar-refractivity contribution in [2.45, 2.75) is 0 Å². The third-order valence-corrected chi connectivity index (χ3v) is 5.31. The van der Waals surface area contributed by atoms with E-state index < -0.39 is 0 Å². The maximum atomic E-state index is 6.62. The van der Waals surface area contributed by atoms with Crippen LogP contribution in [0.3, 0.4) is 0 Å². The van der Waals surface area contributed by atoms with Crippen LogP contribution in [0.25, 0.3) is 33.2 Å². The van der Waals surface area contributed by atoms with Gasteiger partial charge in [-0.25, -0.2) is 9.97 Å². The van der Waals surface area contributed by atoms with Gasteiger partial charge < -0.3 is 10.2 Å². The molecule has 0 amide bonds. The van der Waals surface area contributed by atoms with E-state index in [1.165, 1.54) is 0 Å². The topological polar surface area (TPSA) is 58.9 Å². The number of fused-ring (bicyclic) bond motifs is 2. The first-order valence-electron chi connectivity index (χ1n) is 9.03. The molecule has 0 aliphatic carbocycles. The van der Waals surface area contributed by atoms with E-state index in [1.54, 1.807) is 0 Å². The molecule has 1 saturated heterocycles. The zero-order chi connectivity index (χ0) is 18.4. The number of rotatable bonds is 2. The van der Waals surface area contributed by atoms with Crippen LogP contribution in [-0.4, -0.2) is 45.9 Å². The summed E-state index contributed by atoms with van der Waals surface area (Å²) in [6.45, 7) is 3.92. The smallest absolute Gasteiger partial charge is 0.161 e. The number of nitrogens with zero attached hydrogens (tertiary/aromatic N) is 5. The second kappa shape index (κ2) is 6.48. The summed E-state index contributed by atoms with van der Waals surface area (Å²) < 4.78 is 1.81. The molecule has 0 radical (unpaired) electrons. The Morgan fingerprint density at radius 1 is 1.11 bits per heavy atom. The molecule has 27 heavy (non-hydrogen) atoms. The van der Waals surface area contributed by atoms with E-state index >= 15 is 0 Å². The van der Waals surface area contributed by atoms with Crippen LogP contribution in [0.2, 0.25) is 5.02 Å². The number of hydrogen-bond donors (Lipinski definition) is 1. The summed E-state index contributed by atoms with van der Waals surface area (Å²) in [6, 6.07) is 10.1. The van der Waals surface area contributed by atoms with Crippen molar-refractivity contribution in [3.8, 4) is 11.3 Å². The summed E-state index contributed by atoms with van der Waals surface area (Å²) in [5.41, 5.74) is 4.56. The summed E-state index contributed by atoms with van der Waals surface area (Å²) in [5.74, 6) is 0. The van der Waals surface area contributed by atoms with E-state index in [1.807, 2.05) is 42.3 Å². The number of piperazine rings is 1. The summed E-state index contributed by atoms with van der Waals surface area (Å²) in [4.78, 5) is 11.7. The molecule has 1 N–H and O–H groups in total. The van der Waals surface area contributed by atoms with Crippen molar-refractivity contribution >= 4 is 39.2 Å². The molecular formula is C20H19ClN6. The Morgan fingerprint density at radius 2 is 1.96 bits per heavy atom. The highest BCUT2D eigenvalue weighted by Crippen LogP contribution is 2.31. The minimum atomic E-state index is 0.669. The van der Waals surface area contributed by atoms with Crippen molar-refractivity contribution in [1.29, 1.82) is 0 Å². The molecule has 0 unspecified atom stereocenters. The Labute approximate surface area is 161 Å². The van der Waals surface area contributed by atoms with Crippen LogP contribution >= 0.6 is 11.6 Å². The average Bonchev–Trinajstić information content (AvgIpc) is 3.07. The lowest BCUT2D eigenvalue weighted by molar-refractivity contribution is 0.589. The standard InChI is InChI=1S/C20H19ClN6/c1-26-12-14-8-13(2-3-18(14)25-26)19-10-17(21)16-9-15(11-23-20(16)24-19)27-6-4-22-5-7-27/h2-3,8-12,22H,4-7H2,1H3. The molecule has 6 nitrogen and oxygen atoms in total. The summed E-state index contributed by atoms with van der Waals surface area (Å²) in [5, 5.41) is 10.4. The molecule has 3 aromatic heterocycles. The van der Waals surface area contributed by atoms with Gasteiger partial charge in [0.15, 0.2) is 5.65 Å². The molecule has 4 heterocycles. The van der Waals surface area contributed by atoms with E-state index in [2.05, 4.69) is 32.4 Å². The second-order valence-electron chi connectivity index (χ2n) is 6.87. The van der Waals surface area contributed by atoms with Gasteiger partial charge in [-0.3, -0.25) is 4.68 Å². The van der Waals surface area contributed by atoms with Crippen LogP contribution in [-0.2, 0) is 7.05 Å². The average molecular weight is 379 g/mol. The van der Waals surface area contributed by atoms with Gasteiger partial charge in [-0.15, -0.1) is 0 Å². The SMILES string of the molecule is Cn1cc2cc(-c3cc(Cl)c4cc(N5CCNCC5)cnc4n3)ccc2n1. The Bertz CT molecular complexity index is 1150. The largest absolute Gasteiger partial charge is 0.368 e. The molecule has 0 bridgehead atoms. The lowest BCUT2D eigenvalue weighted by Crippen LogP contribution is -2.43. The third-order valence-electron chi connectivity index (χ3n) is 5.00. The van der Waals surface area contributed by atoms with Gasteiger partial charge in [0, 0.05) is 55.8 Å². The van der Waals surface area contributed by atoms with Gasteiger partial charge in [0.25, 0.3) is 0 Å². The fraction of sp³-hybridized carbons (Fsp3) is 0.250. The lowest BCUT2D eigenvalue weighted by Gasteiger charge is -2.29. The van der Waals surface area contributed by atoms with Gasteiger partial charge in [-0.2, -0.15) is 5.10 Å². The first-order valence-corrected chi connectivity index (χ1v) is 9.41. The Kier molecular flexibility index (Phi) is 3.95. The molecule has 136 valence electrons. The molecule has 1 aliphatic rings. The van der Waals surface area contributed by atoms with Gasteiger partial charge in [-0.05, 0) is 24.3 Å². The van der Waals surface area contributed by atoms with Gasteiger partial charge in [0.2, 0.25) is 0 Å². The zero-order valence-corrected chi connectivity index (χ0v) is 15.7. The minimum Gasteiger partial charge on any atom is -0.368 e. The van der Waals surface area contributed by atoms with Gasteiger partial charge >= 0.3 is 0 Å². The maximum absolute atomic E-state index is 6.62. The number of aromatic nitrogens is 4. The highest BCUT2D eigenvalue weighted by atomic mass is 35.5. The van der Waals surface area contributed by atoms with Crippen molar-refractivity contribution in [3.63, 3.8) is 0 Å². The molecule has 0 saturated carbocycles. The Balaban J connectivity index is 1.57. The van der Waals surface area contributed by atoms with Crippen molar-refractivity contribution in [2.24, 2.45) is 7.05 Å². The van der Waals surface area contributed by atoms with Crippen LogP contribution in [0, 0.1) is 0 Å². The number of anilines is 1. The molecule has 7 heteroatoms. The number of halogens is 1. The molecule has 5 rings (SSSR count). The number of pyridine rings is 2. The maximum Gasteiger partial charge on any atom is 0.161 e. The Morgan fingerprint density at radius 3 is 2.81 bits per heavy atom. The number of hydrogen-bond acceptors (Lipinski definition) is 5. The van der Waals surface area contributed by atoms with Crippen molar-refractivity contribution < 1.29 is 0 Å². The number of aryl methyl sites for hydroxylation is 1. The number of benzene rings is 1. The van der Waals surface area contributed by atoms with Gasteiger partial charge in [0.1, 0.15) is 0 Å². The number of nitrogens with one attached hydrogen (secondary N) is 1. The summed E-state index contributed by atoms with van der Waals surface area (Å²) in [7, 11) is 1.92. The van der Waals surface area contributed by atoms with E-state index in [0.717, 1.165) is 59.4 Å². The fourth-order valence-electron chi connectivity index (χ4n) is 3.61. The van der Waals surface area contributed by atoms with Crippen LogP contribution in [0.4, 0.5) is 5.69 Å². The van der Waals surface area contributed by atoms with Crippen LogP contribution in [0.15, 0.2) is 42.7 Å². The molecule has 0 atom stereocenters. The molecular weight excluding hydrogens is 360 g/mol. The van der Waals surface area contributed by atoms with Crippen molar-refractivity contribution in [3.05, 3.63) is 47.7 Å². The first kappa shape index (κ1) is 16.5. The van der Waals surface area contributed by atoms with E-state index in [0.29, 0.717) is 10.7 Å². The minimum absolute atomic E-state index is 0.669. The normalized spacial score (nSPS) is 15.0. The van der Waals surface area contributed by atoms with Crippen molar-refractivity contribution in [2.75, 3.05) is 31.1 Å². The molecule has 1 fully saturated rings.